The first-order chi connectivity index (χ1) is 10.1. The summed E-state index contributed by atoms with van der Waals surface area (Å²) < 4.78 is 10.8. The first-order valence-electron chi connectivity index (χ1n) is 6.28. The summed E-state index contributed by atoms with van der Waals surface area (Å²) in [5.41, 5.74) is 2.96. The number of aryl methyl sites for hydroxylation is 1. The zero-order valence-electron chi connectivity index (χ0n) is 11.2. The van der Waals surface area contributed by atoms with Crippen molar-refractivity contribution in [1.29, 1.82) is 0 Å². The number of halogens is 1. The lowest BCUT2D eigenvalue weighted by atomic mass is 10.2. The number of rotatable bonds is 3. The van der Waals surface area contributed by atoms with Gasteiger partial charge in [0.15, 0.2) is 4.67 Å². The van der Waals surface area contributed by atoms with Crippen molar-refractivity contribution in [2.24, 2.45) is 0 Å². The molecule has 106 valence electrons. The number of hydrogen-bond donors (Lipinski definition) is 0. The highest BCUT2D eigenvalue weighted by molar-refractivity contribution is 9.10. The summed E-state index contributed by atoms with van der Waals surface area (Å²) >= 11 is 3.14. The molecule has 21 heavy (non-hydrogen) atoms. The van der Waals surface area contributed by atoms with Gasteiger partial charge in [0, 0.05) is 0 Å². The molecule has 0 fully saturated rings. The minimum Gasteiger partial charge on any atom is -0.453 e. The number of para-hydroxylation sites is 2. The topological polar surface area (TPSA) is 65.2 Å². The number of hydrogen-bond acceptors (Lipinski definition) is 5. The maximum atomic E-state index is 11.8. The highest BCUT2D eigenvalue weighted by Gasteiger charge is 2.14. The summed E-state index contributed by atoms with van der Waals surface area (Å²) in [4.78, 5) is 20.7. The summed E-state index contributed by atoms with van der Waals surface area (Å²) in [6.45, 7) is 1.90. The van der Waals surface area contributed by atoms with Gasteiger partial charge >= 0.3 is 5.97 Å². The average molecular weight is 347 g/mol. The lowest BCUT2D eigenvalue weighted by Gasteiger charge is -2.07. The van der Waals surface area contributed by atoms with Gasteiger partial charge in [-0.1, -0.05) is 12.1 Å². The van der Waals surface area contributed by atoms with Gasteiger partial charge in [-0.2, -0.15) is 0 Å². The summed E-state index contributed by atoms with van der Waals surface area (Å²) in [7, 11) is 0. The van der Waals surface area contributed by atoms with E-state index in [1.54, 1.807) is 12.1 Å². The molecule has 0 saturated heterocycles. The maximum Gasteiger partial charge on any atom is 0.374 e. The second kappa shape index (κ2) is 5.65. The lowest BCUT2D eigenvalue weighted by Crippen LogP contribution is -2.07. The van der Waals surface area contributed by atoms with E-state index in [1.165, 1.54) is 0 Å². The molecule has 5 nitrogen and oxygen atoms in total. The van der Waals surface area contributed by atoms with E-state index in [0.717, 1.165) is 16.7 Å². The average Bonchev–Trinajstić information content (AvgIpc) is 2.91. The van der Waals surface area contributed by atoms with Gasteiger partial charge < -0.3 is 9.15 Å². The van der Waals surface area contributed by atoms with Crippen LogP contribution in [0.5, 0.6) is 0 Å². The molecule has 3 rings (SSSR count). The zero-order valence-corrected chi connectivity index (χ0v) is 12.8. The Hall–Kier alpha value is -2.21. The van der Waals surface area contributed by atoms with Crippen LogP contribution in [-0.4, -0.2) is 15.9 Å². The van der Waals surface area contributed by atoms with Gasteiger partial charge in [0.25, 0.3) is 0 Å². The molecule has 0 amide bonds. The van der Waals surface area contributed by atoms with Crippen LogP contribution in [0.25, 0.3) is 11.0 Å². The van der Waals surface area contributed by atoms with Crippen molar-refractivity contribution >= 4 is 32.9 Å². The Labute approximate surface area is 129 Å². The molecule has 0 N–H and O–H groups in total. The fourth-order valence-corrected chi connectivity index (χ4v) is 2.20. The molecular weight excluding hydrogens is 336 g/mol. The van der Waals surface area contributed by atoms with Gasteiger partial charge in [0.05, 0.1) is 22.4 Å². The first kappa shape index (κ1) is 13.8. The molecule has 6 heteroatoms. The highest BCUT2D eigenvalue weighted by atomic mass is 79.9. The van der Waals surface area contributed by atoms with E-state index in [4.69, 9.17) is 9.15 Å². The second-order valence-electron chi connectivity index (χ2n) is 4.42. The highest BCUT2D eigenvalue weighted by Crippen LogP contribution is 2.16. The third-order valence-electron chi connectivity index (χ3n) is 2.96. The van der Waals surface area contributed by atoms with Gasteiger partial charge in [-0.05, 0) is 47.1 Å². The van der Waals surface area contributed by atoms with E-state index >= 15 is 0 Å². The first-order valence-corrected chi connectivity index (χ1v) is 7.07. The molecule has 0 aliphatic carbocycles. The van der Waals surface area contributed by atoms with Crippen molar-refractivity contribution in [3.8, 4) is 0 Å². The third kappa shape index (κ3) is 2.95. The maximum absolute atomic E-state index is 11.8. The predicted molar refractivity (Wildman–Crippen MR) is 79.8 cm³/mol. The Morgan fingerprint density at radius 2 is 1.90 bits per heavy atom. The molecule has 0 aliphatic rings. The van der Waals surface area contributed by atoms with E-state index in [1.807, 2.05) is 31.2 Å². The molecule has 0 radical (unpaired) electrons. The summed E-state index contributed by atoms with van der Waals surface area (Å²) in [5, 5.41) is 0. The Balaban J connectivity index is 1.78. The summed E-state index contributed by atoms with van der Waals surface area (Å²) in [6, 6.07) is 10.7. The number of carbonyl (C=O) groups excluding carboxylic acids is 1. The quantitative estimate of drug-likeness (QED) is 0.677. The molecule has 1 aromatic carbocycles. The Bertz CT molecular complexity index is 814. The van der Waals surface area contributed by atoms with Crippen LogP contribution in [0.15, 0.2) is 45.5 Å². The van der Waals surface area contributed by atoms with Crippen molar-refractivity contribution in [3.05, 3.63) is 58.2 Å². The Morgan fingerprint density at radius 3 is 2.57 bits per heavy atom. The fraction of sp³-hybridized carbons (Fsp3) is 0.133. The van der Waals surface area contributed by atoms with Gasteiger partial charge in [0.1, 0.15) is 6.61 Å². The van der Waals surface area contributed by atoms with Crippen molar-refractivity contribution in [1.82, 2.24) is 9.97 Å². The molecule has 2 aromatic heterocycles. The molecule has 2 heterocycles. The van der Waals surface area contributed by atoms with E-state index in [9.17, 15) is 4.79 Å². The van der Waals surface area contributed by atoms with Crippen LogP contribution < -0.4 is 0 Å². The molecule has 0 unspecified atom stereocenters. The largest absolute Gasteiger partial charge is 0.453 e. The number of carbonyl (C=O) groups is 1. The van der Waals surface area contributed by atoms with Crippen molar-refractivity contribution in [2.75, 3.05) is 0 Å². The number of furan rings is 1. The summed E-state index contributed by atoms with van der Waals surface area (Å²) in [6.07, 6.45) is 0. The molecule has 0 aliphatic heterocycles. The molecule has 3 aromatic rings. The van der Waals surface area contributed by atoms with Crippen LogP contribution in [0.1, 0.15) is 21.9 Å². The van der Waals surface area contributed by atoms with Crippen LogP contribution in [0.3, 0.4) is 0 Å². The van der Waals surface area contributed by atoms with Crippen LogP contribution in [0.2, 0.25) is 0 Å². The number of ether oxygens (including phenoxy) is 1. The molecule has 0 spiro atoms. The molecular formula is C15H11BrN2O3. The number of nitrogens with zero attached hydrogens (tertiary/aromatic N) is 2. The number of benzene rings is 1. The fourth-order valence-electron chi connectivity index (χ4n) is 1.89. The van der Waals surface area contributed by atoms with Crippen molar-refractivity contribution in [3.63, 3.8) is 0 Å². The lowest BCUT2D eigenvalue weighted by molar-refractivity contribution is 0.0429. The van der Waals surface area contributed by atoms with E-state index in [0.29, 0.717) is 10.4 Å². The smallest absolute Gasteiger partial charge is 0.374 e. The van der Waals surface area contributed by atoms with Crippen molar-refractivity contribution in [2.45, 2.75) is 13.5 Å². The van der Waals surface area contributed by atoms with E-state index < -0.39 is 5.97 Å². The van der Waals surface area contributed by atoms with Crippen LogP contribution in [-0.2, 0) is 11.3 Å². The number of aromatic nitrogens is 2. The monoisotopic (exact) mass is 346 g/mol. The normalized spacial score (nSPS) is 10.8. The molecule has 0 saturated carbocycles. The van der Waals surface area contributed by atoms with Crippen molar-refractivity contribution < 1.29 is 13.9 Å². The Kier molecular flexibility index (Phi) is 3.70. The minimum absolute atomic E-state index is 0.0564. The summed E-state index contributed by atoms with van der Waals surface area (Å²) in [5.74, 6) is -0.386. The SMILES string of the molecule is Cc1nc2ccccc2nc1COC(=O)c1ccc(Br)o1. The van der Waals surface area contributed by atoms with E-state index in [-0.39, 0.29) is 12.4 Å². The second-order valence-corrected chi connectivity index (χ2v) is 5.21. The van der Waals surface area contributed by atoms with Crippen LogP contribution in [0, 0.1) is 6.92 Å². The van der Waals surface area contributed by atoms with Gasteiger partial charge in [0.2, 0.25) is 5.76 Å². The third-order valence-corrected chi connectivity index (χ3v) is 3.38. The van der Waals surface area contributed by atoms with E-state index in [2.05, 4.69) is 25.9 Å². The number of fused-ring (bicyclic) bond motifs is 1. The standard InChI is InChI=1S/C15H11BrN2O3/c1-9-12(18-11-5-3-2-4-10(11)17-9)8-20-15(19)13-6-7-14(16)21-13/h2-7H,8H2,1H3. The van der Waals surface area contributed by atoms with Crippen LogP contribution in [0.4, 0.5) is 0 Å². The van der Waals surface area contributed by atoms with Gasteiger partial charge in [-0.15, -0.1) is 0 Å². The predicted octanol–water partition coefficient (Wildman–Crippen LogP) is 3.65. The van der Waals surface area contributed by atoms with Crippen LogP contribution >= 0.6 is 15.9 Å². The van der Waals surface area contributed by atoms with Gasteiger partial charge in [-0.3, -0.25) is 0 Å². The molecule has 0 atom stereocenters. The molecule has 0 bridgehead atoms. The Morgan fingerprint density at radius 1 is 1.19 bits per heavy atom. The minimum atomic E-state index is -0.532. The van der Waals surface area contributed by atoms with Gasteiger partial charge in [-0.25, -0.2) is 14.8 Å². The number of esters is 1. The zero-order chi connectivity index (χ0) is 14.8.